The summed E-state index contributed by atoms with van der Waals surface area (Å²) in [4.78, 5) is 10.9. The van der Waals surface area contributed by atoms with Crippen molar-refractivity contribution in [2.45, 2.75) is 12.8 Å². The number of carbonyl (C=O) groups is 1. The van der Waals surface area contributed by atoms with Gasteiger partial charge in [-0.05, 0) is 11.6 Å². The molecule has 0 bridgehead atoms. The van der Waals surface area contributed by atoms with Gasteiger partial charge in [0.15, 0.2) is 0 Å². The maximum atomic E-state index is 10.9. The van der Waals surface area contributed by atoms with E-state index in [1.165, 1.54) is 0 Å². The Hall–Kier alpha value is -1.51. The van der Waals surface area contributed by atoms with Gasteiger partial charge in [0.2, 0.25) is 0 Å². The molecule has 0 aliphatic carbocycles. The Morgan fingerprint density at radius 2 is 2.29 bits per heavy atom. The van der Waals surface area contributed by atoms with Crippen LogP contribution in [0.2, 0.25) is 0 Å². The zero-order chi connectivity index (χ0) is 10.1. The topological polar surface area (TPSA) is 49.3 Å². The first-order valence-corrected chi connectivity index (χ1v) is 4.75. The third-order valence-electron chi connectivity index (χ3n) is 2.87. The molecule has 0 saturated heterocycles. The number of carboxylic acid groups (broad SMARTS) is 1. The molecule has 1 aliphatic rings. The second kappa shape index (κ2) is 3.33. The zero-order valence-electron chi connectivity index (χ0n) is 8.03. The van der Waals surface area contributed by atoms with E-state index >= 15 is 0 Å². The van der Waals surface area contributed by atoms with Crippen LogP contribution >= 0.6 is 0 Å². The van der Waals surface area contributed by atoms with Crippen LogP contribution in [0.4, 0.5) is 5.69 Å². The summed E-state index contributed by atoms with van der Waals surface area (Å²) in [6, 6.07) is 7.90. The molecule has 2 rings (SSSR count). The molecule has 74 valence electrons. The number of benzene rings is 1. The Kier molecular flexibility index (Phi) is 2.15. The van der Waals surface area contributed by atoms with Gasteiger partial charge in [-0.25, -0.2) is 0 Å². The van der Waals surface area contributed by atoms with Crippen molar-refractivity contribution in [2.24, 2.45) is 5.92 Å². The molecule has 1 aromatic carbocycles. The number of fused-ring (bicyclic) bond motifs is 1. The summed E-state index contributed by atoms with van der Waals surface area (Å²) in [5, 5.41) is 12.2. The van der Waals surface area contributed by atoms with Gasteiger partial charge in [-0.15, -0.1) is 0 Å². The fraction of sp³-hybridized carbons (Fsp3) is 0.364. The number of nitrogens with one attached hydrogen (secondary N) is 1. The van der Waals surface area contributed by atoms with Gasteiger partial charge in [-0.1, -0.05) is 25.1 Å². The van der Waals surface area contributed by atoms with Gasteiger partial charge >= 0.3 is 5.97 Å². The van der Waals surface area contributed by atoms with Gasteiger partial charge in [-0.3, -0.25) is 4.79 Å². The van der Waals surface area contributed by atoms with Crippen molar-refractivity contribution in [1.82, 2.24) is 0 Å². The van der Waals surface area contributed by atoms with Crippen LogP contribution in [0.5, 0.6) is 0 Å². The number of carboxylic acids is 1. The zero-order valence-corrected chi connectivity index (χ0v) is 8.03. The number of rotatable bonds is 2. The molecule has 1 heterocycles. The smallest absolute Gasteiger partial charge is 0.306 e. The van der Waals surface area contributed by atoms with Crippen LogP contribution < -0.4 is 5.32 Å². The number of hydrogen-bond donors (Lipinski definition) is 2. The quantitative estimate of drug-likeness (QED) is 0.750. The lowest BCUT2D eigenvalue weighted by atomic mass is 9.89. The Bertz CT molecular complexity index is 362. The molecule has 0 fully saturated rings. The van der Waals surface area contributed by atoms with E-state index in [-0.39, 0.29) is 11.8 Å². The lowest BCUT2D eigenvalue weighted by Gasteiger charge is -2.14. The molecule has 2 atom stereocenters. The number of anilines is 1. The van der Waals surface area contributed by atoms with E-state index in [0.717, 1.165) is 17.8 Å². The summed E-state index contributed by atoms with van der Waals surface area (Å²) in [6.07, 6.45) is 0. The molecule has 2 N–H and O–H groups in total. The lowest BCUT2D eigenvalue weighted by Crippen LogP contribution is -2.20. The van der Waals surface area contributed by atoms with Crippen LogP contribution in [0, 0.1) is 5.92 Å². The predicted octanol–water partition coefficient (Wildman–Crippen LogP) is 1.92. The van der Waals surface area contributed by atoms with Crippen molar-refractivity contribution in [2.75, 3.05) is 11.9 Å². The lowest BCUT2D eigenvalue weighted by molar-refractivity contribution is -0.141. The minimum Gasteiger partial charge on any atom is -0.481 e. The molecule has 1 aromatic rings. The number of aliphatic carboxylic acids is 1. The van der Waals surface area contributed by atoms with Crippen molar-refractivity contribution in [3.05, 3.63) is 29.8 Å². The third-order valence-corrected chi connectivity index (χ3v) is 2.87. The summed E-state index contributed by atoms with van der Waals surface area (Å²) in [5.41, 5.74) is 2.20. The van der Waals surface area contributed by atoms with Crippen LogP contribution in [-0.4, -0.2) is 17.6 Å². The first kappa shape index (κ1) is 9.06. The second-order valence-corrected chi connectivity index (χ2v) is 3.70. The highest BCUT2D eigenvalue weighted by Gasteiger charge is 2.30. The fourth-order valence-corrected chi connectivity index (χ4v) is 1.93. The minimum absolute atomic E-state index is 0.101. The Labute approximate surface area is 82.8 Å². The summed E-state index contributed by atoms with van der Waals surface area (Å²) in [7, 11) is 0. The average Bonchev–Trinajstić information content (AvgIpc) is 2.60. The minimum atomic E-state index is -0.728. The van der Waals surface area contributed by atoms with Crippen molar-refractivity contribution in [1.29, 1.82) is 0 Å². The fourth-order valence-electron chi connectivity index (χ4n) is 1.93. The molecule has 2 unspecified atom stereocenters. The van der Waals surface area contributed by atoms with Crippen LogP contribution in [0.15, 0.2) is 24.3 Å². The monoisotopic (exact) mass is 191 g/mol. The molecule has 3 heteroatoms. The summed E-state index contributed by atoms with van der Waals surface area (Å²) in [6.45, 7) is 2.49. The third kappa shape index (κ3) is 1.35. The van der Waals surface area contributed by atoms with Crippen molar-refractivity contribution >= 4 is 11.7 Å². The molecule has 0 saturated carbocycles. The van der Waals surface area contributed by atoms with Gasteiger partial charge in [0, 0.05) is 18.2 Å². The second-order valence-electron chi connectivity index (χ2n) is 3.70. The summed E-state index contributed by atoms with van der Waals surface area (Å²) in [5.74, 6) is -0.955. The standard InChI is InChI=1S/C11H13NO2/c1-7(11(13)14)9-6-12-10-5-3-2-4-8(9)10/h2-5,7,9,12H,6H2,1H3,(H,13,14). The molecule has 0 radical (unpaired) electrons. The Morgan fingerprint density at radius 3 is 3.00 bits per heavy atom. The van der Waals surface area contributed by atoms with Crippen molar-refractivity contribution < 1.29 is 9.90 Å². The van der Waals surface area contributed by atoms with E-state index in [1.807, 2.05) is 24.3 Å². The van der Waals surface area contributed by atoms with Crippen LogP contribution in [0.1, 0.15) is 18.4 Å². The Morgan fingerprint density at radius 1 is 1.57 bits per heavy atom. The van der Waals surface area contributed by atoms with E-state index in [2.05, 4.69) is 5.32 Å². The Balaban J connectivity index is 2.30. The molecular weight excluding hydrogens is 178 g/mol. The molecule has 3 nitrogen and oxygen atoms in total. The average molecular weight is 191 g/mol. The first-order valence-electron chi connectivity index (χ1n) is 4.75. The van der Waals surface area contributed by atoms with E-state index in [1.54, 1.807) is 6.92 Å². The molecule has 0 spiro atoms. The van der Waals surface area contributed by atoms with E-state index in [9.17, 15) is 4.79 Å². The van der Waals surface area contributed by atoms with Crippen LogP contribution in [0.25, 0.3) is 0 Å². The first-order chi connectivity index (χ1) is 6.70. The van der Waals surface area contributed by atoms with Gasteiger partial charge < -0.3 is 10.4 Å². The number of hydrogen-bond acceptors (Lipinski definition) is 2. The van der Waals surface area contributed by atoms with Gasteiger partial charge in [0.05, 0.1) is 5.92 Å². The maximum absolute atomic E-state index is 10.9. The van der Waals surface area contributed by atoms with Crippen LogP contribution in [-0.2, 0) is 4.79 Å². The van der Waals surface area contributed by atoms with Crippen molar-refractivity contribution in [3.63, 3.8) is 0 Å². The predicted molar refractivity (Wildman–Crippen MR) is 54.5 cm³/mol. The molecule has 0 aromatic heterocycles. The largest absolute Gasteiger partial charge is 0.481 e. The molecule has 0 amide bonds. The normalized spacial score (nSPS) is 21.1. The van der Waals surface area contributed by atoms with Crippen molar-refractivity contribution in [3.8, 4) is 0 Å². The van der Waals surface area contributed by atoms with Gasteiger partial charge in [0.25, 0.3) is 0 Å². The van der Waals surface area contributed by atoms with Crippen LogP contribution in [0.3, 0.4) is 0 Å². The molecular formula is C11H13NO2. The van der Waals surface area contributed by atoms with Gasteiger partial charge in [-0.2, -0.15) is 0 Å². The molecule has 14 heavy (non-hydrogen) atoms. The molecule has 1 aliphatic heterocycles. The van der Waals surface area contributed by atoms with E-state index < -0.39 is 5.97 Å². The highest BCUT2D eigenvalue weighted by atomic mass is 16.4. The number of para-hydroxylation sites is 1. The SMILES string of the molecule is CC(C(=O)O)C1CNc2ccccc21. The highest BCUT2D eigenvalue weighted by Crippen LogP contribution is 2.35. The maximum Gasteiger partial charge on any atom is 0.306 e. The summed E-state index contributed by atoms with van der Waals surface area (Å²) >= 11 is 0. The highest BCUT2D eigenvalue weighted by molar-refractivity contribution is 5.73. The summed E-state index contributed by atoms with van der Waals surface area (Å²) < 4.78 is 0. The van der Waals surface area contributed by atoms with Gasteiger partial charge in [0.1, 0.15) is 0 Å². The van der Waals surface area contributed by atoms with E-state index in [0.29, 0.717) is 0 Å². The van der Waals surface area contributed by atoms with E-state index in [4.69, 9.17) is 5.11 Å².